The van der Waals surface area contributed by atoms with Crippen LogP contribution in [-0.4, -0.2) is 5.78 Å². The molecule has 0 saturated heterocycles. The molecule has 0 saturated carbocycles. The van der Waals surface area contributed by atoms with Crippen molar-refractivity contribution in [3.05, 3.63) is 34.3 Å². The van der Waals surface area contributed by atoms with E-state index in [-0.39, 0.29) is 17.3 Å². The third-order valence-corrected chi connectivity index (χ3v) is 2.93. The molecule has 0 aromatic heterocycles. The topological polar surface area (TPSA) is 17.1 Å². The van der Waals surface area contributed by atoms with Crippen LogP contribution in [0.15, 0.2) is 18.2 Å². The van der Waals surface area contributed by atoms with E-state index in [1.165, 1.54) is 6.07 Å². The van der Waals surface area contributed by atoms with Gasteiger partial charge in [-0.2, -0.15) is 13.2 Å². The lowest BCUT2D eigenvalue weighted by atomic mass is 9.96. The Balaban J connectivity index is 3.09. The average Bonchev–Trinajstić information content (AvgIpc) is 2.25. The highest BCUT2D eigenvalue weighted by atomic mass is 35.5. The zero-order chi connectivity index (χ0) is 13.2. The molecule has 1 atom stereocenters. The van der Waals surface area contributed by atoms with Crippen LogP contribution < -0.4 is 0 Å². The Morgan fingerprint density at radius 3 is 2.41 bits per heavy atom. The van der Waals surface area contributed by atoms with Crippen molar-refractivity contribution in [3.8, 4) is 0 Å². The molecular weight excluding hydrogens is 253 g/mol. The van der Waals surface area contributed by atoms with Crippen molar-refractivity contribution in [2.45, 2.75) is 26.4 Å². The van der Waals surface area contributed by atoms with E-state index < -0.39 is 16.8 Å². The van der Waals surface area contributed by atoms with E-state index in [4.69, 9.17) is 11.6 Å². The first kappa shape index (κ1) is 14.0. The van der Waals surface area contributed by atoms with Crippen molar-refractivity contribution in [2.75, 3.05) is 0 Å². The van der Waals surface area contributed by atoms with Crippen LogP contribution >= 0.6 is 11.6 Å². The van der Waals surface area contributed by atoms with E-state index in [0.717, 1.165) is 12.1 Å². The monoisotopic (exact) mass is 264 g/mol. The minimum absolute atomic E-state index is 0.192. The van der Waals surface area contributed by atoms with Gasteiger partial charge in [0, 0.05) is 11.5 Å². The second-order valence-corrected chi connectivity index (χ2v) is 4.27. The summed E-state index contributed by atoms with van der Waals surface area (Å²) in [5.41, 5.74) is -0.697. The molecule has 1 unspecified atom stereocenters. The van der Waals surface area contributed by atoms with Crippen LogP contribution in [-0.2, 0) is 6.18 Å². The highest BCUT2D eigenvalue weighted by Crippen LogP contribution is 2.35. The molecule has 1 nitrogen and oxygen atoms in total. The fraction of sp³-hybridized carbons (Fsp3) is 0.417. The van der Waals surface area contributed by atoms with Gasteiger partial charge in [-0.1, -0.05) is 31.5 Å². The van der Waals surface area contributed by atoms with Gasteiger partial charge in [0.2, 0.25) is 0 Å². The first-order chi connectivity index (χ1) is 7.77. The Hall–Kier alpha value is -1.03. The summed E-state index contributed by atoms with van der Waals surface area (Å²) in [7, 11) is 0. The summed E-state index contributed by atoms with van der Waals surface area (Å²) >= 11 is 5.53. The van der Waals surface area contributed by atoms with E-state index >= 15 is 0 Å². The number of halogens is 4. The molecule has 17 heavy (non-hydrogen) atoms. The fourth-order valence-corrected chi connectivity index (χ4v) is 1.66. The molecule has 0 aliphatic heterocycles. The second kappa shape index (κ2) is 5.08. The summed E-state index contributed by atoms with van der Waals surface area (Å²) in [4.78, 5) is 11.7. The zero-order valence-electron chi connectivity index (χ0n) is 9.44. The molecule has 0 N–H and O–H groups in total. The van der Waals surface area contributed by atoms with Crippen LogP contribution in [0, 0.1) is 5.92 Å². The van der Waals surface area contributed by atoms with E-state index in [0.29, 0.717) is 6.42 Å². The maximum absolute atomic E-state index is 12.4. The smallest absolute Gasteiger partial charge is 0.294 e. The van der Waals surface area contributed by atoms with Gasteiger partial charge in [0.25, 0.3) is 0 Å². The van der Waals surface area contributed by atoms with Gasteiger partial charge < -0.3 is 0 Å². The predicted molar refractivity (Wildman–Crippen MR) is 60.2 cm³/mol. The van der Waals surface area contributed by atoms with Gasteiger partial charge in [-0.3, -0.25) is 4.79 Å². The maximum atomic E-state index is 12.4. The van der Waals surface area contributed by atoms with Gasteiger partial charge >= 0.3 is 6.18 Å². The molecule has 0 spiro atoms. The summed E-state index contributed by atoms with van der Waals surface area (Å²) in [5, 5.41) is -0.438. The third-order valence-electron chi connectivity index (χ3n) is 2.62. The number of carbonyl (C=O) groups is 1. The van der Waals surface area contributed by atoms with Gasteiger partial charge in [-0.25, -0.2) is 0 Å². The lowest BCUT2D eigenvalue weighted by molar-refractivity contribution is -0.137. The molecule has 0 fully saturated rings. The molecule has 1 aromatic carbocycles. The second-order valence-electron chi connectivity index (χ2n) is 3.87. The first-order valence-electron chi connectivity index (χ1n) is 5.18. The van der Waals surface area contributed by atoms with Crippen LogP contribution in [0.3, 0.4) is 0 Å². The van der Waals surface area contributed by atoms with Gasteiger partial charge in [-0.05, 0) is 18.6 Å². The molecule has 0 aliphatic rings. The summed E-state index contributed by atoms with van der Waals surface area (Å²) in [6.07, 6.45) is -3.85. The van der Waals surface area contributed by atoms with Gasteiger partial charge in [0.05, 0.1) is 10.6 Å². The van der Waals surface area contributed by atoms with Crippen LogP contribution in [0.5, 0.6) is 0 Å². The average molecular weight is 265 g/mol. The van der Waals surface area contributed by atoms with Crippen molar-refractivity contribution < 1.29 is 18.0 Å². The molecule has 0 aliphatic carbocycles. The molecular formula is C12H12ClF3O. The molecule has 5 heteroatoms. The molecule has 0 radical (unpaired) electrons. The minimum atomic E-state index is -4.49. The van der Waals surface area contributed by atoms with Crippen molar-refractivity contribution in [1.29, 1.82) is 0 Å². The molecule has 94 valence electrons. The Kier molecular flexibility index (Phi) is 4.20. The van der Waals surface area contributed by atoms with Gasteiger partial charge in [0.1, 0.15) is 0 Å². The van der Waals surface area contributed by atoms with Crippen molar-refractivity contribution in [3.63, 3.8) is 0 Å². The number of rotatable bonds is 3. The number of carbonyl (C=O) groups excluding carboxylic acids is 1. The largest absolute Gasteiger partial charge is 0.417 e. The van der Waals surface area contributed by atoms with E-state index in [1.54, 1.807) is 6.92 Å². The van der Waals surface area contributed by atoms with Crippen LogP contribution in [0.1, 0.15) is 36.2 Å². The normalized spacial score (nSPS) is 13.5. The van der Waals surface area contributed by atoms with Crippen LogP contribution in [0.4, 0.5) is 13.2 Å². The Labute approximate surface area is 103 Å². The lowest BCUT2D eigenvalue weighted by Crippen LogP contribution is -2.12. The number of hydrogen-bond acceptors (Lipinski definition) is 1. The summed E-state index contributed by atoms with van der Waals surface area (Å²) in [6.45, 7) is 3.57. The molecule has 0 bridgehead atoms. The zero-order valence-corrected chi connectivity index (χ0v) is 10.2. The van der Waals surface area contributed by atoms with E-state index in [2.05, 4.69) is 0 Å². The highest BCUT2D eigenvalue weighted by Gasteiger charge is 2.33. The van der Waals surface area contributed by atoms with E-state index in [1.807, 2.05) is 6.92 Å². The molecule has 0 amide bonds. The lowest BCUT2D eigenvalue weighted by Gasteiger charge is -2.11. The van der Waals surface area contributed by atoms with Crippen molar-refractivity contribution in [2.24, 2.45) is 5.92 Å². The predicted octanol–water partition coefficient (Wildman–Crippen LogP) is 4.59. The number of hydrogen-bond donors (Lipinski definition) is 0. The summed E-state index contributed by atoms with van der Waals surface area (Å²) < 4.78 is 37.3. The highest BCUT2D eigenvalue weighted by molar-refractivity contribution is 6.31. The number of Topliss-reactive ketones (excluding diaryl/α,β-unsaturated/α-hetero) is 1. The van der Waals surface area contributed by atoms with Crippen LogP contribution in [0.25, 0.3) is 0 Å². The van der Waals surface area contributed by atoms with Crippen molar-refractivity contribution >= 4 is 17.4 Å². The Bertz CT molecular complexity index is 426. The first-order valence-corrected chi connectivity index (χ1v) is 5.56. The quantitative estimate of drug-likeness (QED) is 0.730. The SMILES string of the molecule is CCC(C)C(=O)c1ccc(C(F)(F)F)c(Cl)c1. The number of alkyl halides is 3. The molecule has 1 rings (SSSR count). The maximum Gasteiger partial charge on any atom is 0.417 e. The minimum Gasteiger partial charge on any atom is -0.294 e. The number of ketones is 1. The summed E-state index contributed by atoms with van der Waals surface area (Å²) in [6, 6.07) is 3.10. The Morgan fingerprint density at radius 1 is 1.41 bits per heavy atom. The number of benzene rings is 1. The molecule has 1 aromatic rings. The van der Waals surface area contributed by atoms with Gasteiger partial charge in [0.15, 0.2) is 5.78 Å². The van der Waals surface area contributed by atoms with Crippen LogP contribution in [0.2, 0.25) is 5.02 Å². The summed E-state index contributed by atoms with van der Waals surface area (Å²) in [5.74, 6) is -0.411. The van der Waals surface area contributed by atoms with E-state index in [9.17, 15) is 18.0 Å². The standard InChI is InChI=1S/C12H12ClF3O/c1-3-7(2)11(17)8-4-5-9(10(13)6-8)12(14,15)16/h4-7H,3H2,1-2H3. The third kappa shape index (κ3) is 3.22. The Morgan fingerprint density at radius 2 is 2.00 bits per heavy atom. The van der Waals surface area contributed by atoms with Gasteiger partial charge in [-0.15, -0.1) is 0 Å². The van der Waals surface area contributed by atoms with Crippen molar-refractivity contribution in [1.82, 2.24) is 0 Å². The molecule has 0 heterocycles. The fourth-order valence-electron chi connectivity index (χ4n) is 1.37.